The molecule has 2 N–H and O–H groups in total. The van der Waals surface area contributed by atoms with Crippen molar-refractivity contribution in [3.8, 4) is 11.1 Å². The van der Waals surface area contributed by atoms with Crippen LogP contribution in [-0.4, -0.2) is 23.0 Å². The molecule has 0 fully saturated rings. The SMILES string of the molecule is Cc1cc(F)ccc1-c1ccc(C(=O)NC(C)CCC(=O)O)cc1F. The van der Waals surface area contributed by atoms with Crippen LogP contribution >= 0.6 is 0 Å². The normalized spacial score (nSPS) is 11.8. The summed E-state index contributed by atoms with van der Waals surface area (Å²) in [5.41, 5.74) is 1.58. The van der Waals surface area contributed by atoms with Crippen LogP contribution in [0.4, 0.5) is 8.78 Å². The van der Waals surface area contributed by atoms with E-state index in [-0.39, 0.29) is 30.0 Å². The number of rotatable bonds is 6. The first-order valence-electron chi connectivity index (χ1n) is 7.86. The number of carbonyl (C=O) groups is 2. The predicted octanol–water partition coefficient (Wildman–Crippen LogP) is 3.92. The molecule has 0 aliphatic carbocycles. The van der Waals surface area contributed by atoms with Gasteiger partial charge in [-0.05, 0) is 55.7 Å². The van der Waals surface area contributed by atoms with E-state index in [9.17, 15) is 18.4 Å². The first kappa shape index (κ1) is 18.6. The van der Waals surface area contributed by atoms with Gasteiger partial charge in [-0.3, -0.25) is 9.59 Å². The van der Waals surface area contributed by atoms with E-state index in [1.54, 1.807) is 13.8 Å². The van der Waals surface area contributed by atoms with Crippen LogP contribution in [0.5, 0.6) is 0 Å². The Morgan fingerprint density at radius 3 is 2.40 bits per heavy atom. The highest BCUT2D eigenvalue weighted by atomic mass is 19.1. The number of benzene rings is 2. The molecular formula is C19H19F2NO3. The number of nitrogens with one attached hydrogen (secondary N) is 1. The van der Waals surface area contributed by atoms with Crippen molar-refractivity contribution in [2.45, 2.75) is 32.7 Å². The lowest BCUT2D eigenvalue weighted by Gasteiger charge is -2.14. The molecule has 0 aliphatic heterocycles. The molecule has 2 rings (SSSR count). The maximum atomic E-state index is 14.4. The molecule has 1 atom stereocenters. The fourth-order valence-electron chi connectivity index (χ4n) is 2.52. The smallest absolute Gasteiger partial charge is 0.303 e. The van der Waals surface area contributed by atoms with Gasteiger partial charge in [-0.25, -0.2) is 8.78 Å². The highest BCUT2D eigenvalue weighted by Crippen LogP contribution is 2.27. The predicted molar refractivity (Wildman–Crippen MR) is 90.3 cm³/mol. The van der Waals surface area contributed by atoms with Crippen molar-refractivity contribution >= 4 is 11.9 Å². The summed E-state index contributed by atoms with van der Waals surface area (Å²) < 4.78 is 27.6. The largest absolute Gasteiger partial charge is 0.481 e. The van der Waals surface area contributed by atoms with Crippen LogP contribution in [0, 0.1) is 18.6 Å². The highest BCUT2D eigenvalue weighted by molar-refractivity contribution is 5.95. The first-order chi connectivity index (χ1) is 11.8. The Labute approximate surface area is 144 Å². The van der Waals surface area contributed by atoms with Gasteiger partial charge in [-0.15, -0.1) is 0 Å². The van der Waals surface area contributed by atoms with E-state index in [0.29, 0.717) is 11.1 Å². The summed E-state index contributed by atoms with van der Waals surface area (Å²) in [6, 6.07) is 7.82. The summed E-state index contributed by atoms with van der Waals surface area (Å²) in [4.78, 5) is 22.7. The van der Waals surface area contributed by atoms with Crippen LogP contribution in [-0.2, 0) is 4.79 Å². The van der Waals surface area contributed by atoms with Gasteiger partial charge in [0.1, 0.15) is 11.6 Å². The summed E-state index contributed by atoms with van der Waals surface area (Å²) >= 11 is 0. The standard InChI is InChI=1S/C19H19F2NO3/c1-11-9-14(20)5-7-15(11)16-6-4-13(10-17(16)21)19(25)22-12(2)3-8-18(23)24/h4-7,9-10,12H,3,8H2,1-2H3,(H,22,25)(H,23,24). The van der Waals surface area contributed by atoms with Crippen molar-refractivity contribution in [1.82, 2.24) is 5.32 Å². The molecule has 2 aromatic carbocycles. The number of hydrogen-bond donors (Lipinski definition) is 2. The molecule has 25 heavy (non-hydrogen) atoms. The quantitative estimate of drug-likeness (QED) is 0.832. The van der Waals surface area contributed by atoms with Crippen LogP contribution in [0.25, 0.3) is 11.1 Å². The molecule has 0 spiro atoms. The van der Waals surface area contributed by atoms with Gasteiger partial charge in [0.15, 0.2) is 0 Å². The summed E-state index contributed by atoms with van der Waals surface area (Å²) in [6.45, 7) is 3.37. The maximum Gasteiger partial charge on any atom is 0.303 e. The van der Waals surface area contributed by atoms with Gasteiger partial charge in [-0.2, -0.15) is 0 Å². The number of hydrogen-bond acceptors (Lipinski definition) is 2. The molecule has 0 saturated heterocycles. The Morgan fingerprint density at radius 1 is 1.12 bits per heavy atom. The fraction of sp³-hybridized carbons (Fsp3) is 0.263. The molecule has 1 amide bonds. The Kier molecular flexibility index (Phi) is 5.85. The Morgan fingerprint density at radius 2 is 1.80 bits per heavy atom. The van der Waals surface area contributed by atoms with Crippen molar-refractivity contribution < 1.29 is 23.5 Å². The molecule has 0 heterocycles. The van der Waals surface area contributed by atoms with E-state index in [2.05, 4.69) is 5.32 Å². The number of carbonyl (C=O) groups excluding carboxylic acids is 1. The molecule has 1 unspecified atom stereocenters. The Balaban J connectivity index is 2.16. The molecule has 2 aromatic rings. The minimum absolute atomic E-state index is 0.0570. The number of carboxylic acid groups (broad SMARTS) is 1. The zero-order valence-electron chi connectivity index (χ0n) is 14.0. The maximum absolute atomic E-state index is 14.4. The van der Waals surface area contributed by atoms with Crippen LogP contribution in [0.1, 0.15) is 35.7 Å². The third kappa shape index (κ3) is 4.86. The molecular weight excluding hydrogens is 328 g/mol. The van der Waals surface area contributed by atoms with E-state index in [0.717, 1.165) is 6.07 Å². The van der Waals surface area contributed by atoms with Gasteiger partial charge in [0.25, 0.3) is 5.91 Å². The molecule has 6 heteroatoms. The first-order valence-corrected chi connectivity index (χ1v) is 7.86. The zero-order valence-corrected chi connectivity index (χ0v) is 14.0. The molecule has 132 valence electrons. The molecule has 4 nitrogen and oxygen atoms in total. The average molecular weight is 347 g/mol. The van der Waals surface area contributed by atoms with E-state index >= 15 is 0 Å². The van der Waals surface area contributed by atoms with Crippen LogP contribution < -0.4 is 5.32 Å². The lowest BCUT2D eigenvalue weighted by atomic mass is 9.98. The second-order valence-electron chi connectivity index (χ2n) is 5.96. The minimum atomic E-state index is -0.939. The van der Waals surface area contributed by atoms with Gasteiger partial charge < -0.3 is 10.4 Å². The average Bonchev–Trinajstić information content (AvgIpc) is 2.53. The third-order valence-corrected chi connectivity index (χ3v) is 3.88. The van der Waals surface area contributed by atoms with Gasteiger partial charge in [-0.1, -0.05) is 12.1 Å². The van der Waals surface area contributed by atoms with Crippen LogP contribution in [0.15, 0.2) is 36.4 Å². The number of aliphatic carboxylic acids is 1. The summed E-state index contributed by atoms with van der Waals surface area (Å²) in [6.07, 6.45) is 0.231. The third-order valence-electron chi connectivity index (χ3n) is 3.88. The van der Waals surface area contributed by atoms with Crippen molar-refractivity contribution in [3.63, 3.8) is 0 Å². The highest BCUT2D eigenvalue weighted by Gasteiger charge is 2.15. The van der Waals surface area contributed by atoms with Crippen LogP contribution in [0.2, 0.25) is 0 Å². The second-order valence-corrected chi connectivity index (χ2v) is 5.96. The molecule has 0 aliphatic rings. The lowest BCUT2D eigenvalue weighted by Crippen LogP contribution is -2.33. The Bertz CT molecular complexity index is 805. The number of carboxylic acids is 1. The topological polar surface area (TPSA) is 66.4 Å². The monoisotopic (exact) mass is 347 g/mol. The molecule has 0 aromatic heterocycles. The molecule has 0 bridgehead atoms. The summed E-state index contributed by atoms with van der Waals surface area (Å²) in [5, 5.41) is 11.3. The second kappa shape index (κ2) is 7.88. The van der Waals surface area contributed by atoms with E-state index in [1.807, 2.05) is 0 Å². The molecule has 0 radical (unpaired) electrons. The summed E-state index contributed by atoms with van der Waals surface area (Å²) in [7, 11) is 0. The van der Waals surface area contributed by atoms with Crippen molar-refractivity contribution in [2.75, 3.05) is 0 Å². The van der Waals surface area contributed by atoms with E-state index < -0.39 is 23.5 Å². The number of amides is 1. The Hall–Kier alpha value is -2.76. The lowest BCUT2D eigenvalue weighted by molar-refractivity contribution is -0.137. The van der Waals surface area contributed by atoms with Crippen molar-refractivity contribution in [1.29, 1.82) is 0 Å². The van der Waals surface area contributed by atoms with Crippen LogP contribution in [0.3, 0.4) is 0 Å². The zero-order chi connectivity index (χ0) is 18.6. The minimum Gasteiger partial charge on any atom is -0.481 e. The number of halogens is 2. The molecule has 0 saturated carbocycles. The van der Waals surface area contributed by atoms with Gasteiger partial charge in [0.05, 0.1) is 0 Å². The van der Waals surface area contributed by atoms with Gasteiger partial charge >= 0.3 is 5.97 Å². The fourth-order valence-corrected chi connectivity index (χ4v) is 2.52. The van der Waals surface area contributed by atoms with Gasteiger partial charge in [0, 0.05) is 23.6 Å². The van der Waals surface area contributed by atoms with Crippen molar-refractivity contribution in [3.05, 3.63) is 59.2 Å². The number of aryl methyl sites for hydroxylation is 1. The summed E-state index contributed by atoms with van der Waals surface area (Å²) in [5.74, 6) is -2.39. The van der Waals surface area contributed by atoms with Gasteiger partial charge in [0.2, 0.25) is 0 Å². The van der Waals surface area contributed by atoms with E-state index in [1.165, 1.54) is 30.3 Å². The van der Waals surface area contributed by atoms with Crippen molar-refractivity contribution in [2.24, 2.45) is 0 Å². The van der Waals surface area contributed by atoms with E-state index in [4.69, 9.17) is 5.11 Å².